The third-order valence-corrected chi connectivity index (χ3v) is 2.68. The van der Waals surface area contributed by atoms with Crippen LogP contribution >= 0.6 is 11.6 Å². The van der Waals surface area contributed by atoms with Crippen molar-refractivity contribution in [2.75, 3.05) is 0 Å². The van der Waals surface area contributed by atoms with Gasteiger partial charge in [0.05, 0.1) is 5.69 Å². The van der Waals surface area contributed by atoms with Crippen molar-refractivity contribution in [1.29, 1.82) is 0 Å². The topological polar surface area (TPSA) is 52.2 Å². The fourth-order valence-corrected chi connectivity index (χ4v) is 1.83. The minimum atomic E-state index is -0.229. The van der Waals surface area contributed by atoms with Gasteiger partial charge >= 0.3 is 5.56 Å². The zero-order chi connectivity index (χ0) is 11.8. The molecule has 0 radical (unpaired) electrons. The van der Waals surface area contributed by atoms with Crippen LogP contribution in [0.4, 0.5) is 0 Å². The quantitative estimate of drug-likeness (QED) is 0.654. The van der Waals surface area contributed by atoms with Gasteiger partial charge in [-0.15, -0.1) is 10.2 Å². The molecule has 0 fully saturated rings. The van der Waals surface area contributed by atoms with Crippen LogP contribution < -0.4 is 5.56 Å². The summed E-state index contributed by atoms with van der Waals surface area (Å²) in [6, 6.07) is 7.07. The Morgan fingerprint density at radius 1 is 1.24 bits per heavy atom. The second-order valence-electron chi connectivity index (χ2n) is 3.51. The number of fused-ring (bicyclic) bond motifs is 1. The summed E-state index contributed by atoms with van der Waals surface area (Å²) in [7, 11) is 0. The summed E-state index contributed by atoms with van der Waals surface area (Å²) in [5.74, 6) is 0. The molecular weight excluding hydrogens is 240 g/mol. The van der Waals surface area contributed by atoms with Crippen molar-refractivity contribution in [3.63, 3.8) is 0 Å². The Bertz CT molecular complexity index is 746. The highest BCUT2D eigenvalue weighted by Gasteiger charge is 2.06. The lowest BCUT2D eigenvalue weighted by Gasteiger charge is -2.05. The summed E-state index contributed by atoms with van der Waals surface area (Å²) in [6.45, 7) is 0. The molecule has 0 unspecified atom stereocenters. The van der Waals surface area contributed by atoms with E-state index in [-0.39, 0.29) is 11.2 Å². The molecule has 2 heterocycles. The van der Waals surface area contributed by atoms with E-state index in [2.05, 4.69) is 10.2 Å². The average Bonchev–Trinajstić information content (AvgIpc) is 2.78. The molecule has 0 N–H and O–H groups in total. The van der Waals surface area contributed by atoms with Crippen LogP contribution in [0.15, 0.2) is 47.8 Å². The molecule has 0 aliphatic rings. The normalized spacial score (nSPS) is 10.9. The first-order valence-corrected chi connectivity index (χ1v) is 5.30. The van der Waals surface area contributed by atoms with Crippen molar-refractivity contribution in [3.05, 3.63) is 58.4 Å². The van der Waals surface area contributed by atoms with Gasteiger partial charge in [-0.1, -0.05) is 17.7 Å². The number of benzene rings is 1. The predicted molar refractivity (Wildman–Crippen MR) is 63.6 cm³/mol. The van der Waals surface area contributed by atoms with E-state index in [0.29, 0.717) is 10.7 Å². The van der Waals surface area contributed by atoms with Gasteiger partial charge in [0.15, 0.2) is 0 Å². The highest BCUT2D eigenvalue weighted by Crippen LogP contribution is 2.13. The summed E-state index contributed by atoms with van der Waals surface area (Å²) in [6.07, 6.45) is 4.86. The highest BCUT2D eigenvalue weighted by molar-refractivity contribution is 6.30. The first-order valence-electron chi connectivity index (χ1n) is 4.93. The minimum Gasteiger partial charge on any atom is -0.283 e. The molecule has 0 aliphatic carbocycles. The molecule has 17 heavy (non-hydrogen) atoms. The van der Waals surface area contributed by atoms with Crippen molar-refractivity contribution in [2.45, 2.75) is 0 Å². The van der Waals surface area contributed by atoms with Crippen LogP contribution in [0.2, 0.25) is 5.02 Å². The summed E-state index contributed by atoms with van der Waals surface area (Å²) < 4.78 is 3.05. The van der Waals surface area contributed by atoms with Gasteiger partial charge in [-0.2, -0.15) is 0 Å². The summed E-state index contributed by atoms with van der Waals surface area (Å²) in [5.41, 5.74) is 0.757. The second kappa shape index (κ2) is 3.71. The number of halogens is 1. The van der Waals surface area contributed by atoms with Crippen LogP contribution in [0.5, 0.6) is 0 Å². The SMILES string of the molecule is O=c1c2nncn2ccn1-c1cccc(Cl)c1. The maximum Gasteiger partial charge on any atom is 0.300 e. The van der Waals surface area contributed by atoms with E-state index in [4.69, 9.17) is 11.6 Å². The lowest BCUT2D eigenvalue weighted by molar-refractivity contribution is 0.950. The fraction of sp³-hybridized carbons (Fsp3) is 0. The lowest BCUT2D eigenvalue weighted by atomic mass is 10.3. The Morgan fingerprint density at radius 2 is 2.12 bits per heavy atom. The largest absolute Gasteiger partial charge is 0.300 e. The Kier molecular flexibility index (Phi) is 2.19. The molecule has 2 aromatic heterocycles. The molecule has 0 spiro atoms. The van der Waals surface area contributed by atoms with Crippen LogP contribution in [-0.4, -0.2) is 19.2 Å². The first kappa shape index (κ1) is 10.0. The molecule has 0 saturated heterocycles. The maximum atomic E-state index is 12.1. The zero-order valence-electron chi connectivity index (χ0n) is 8.62. The average molecular weight is 247 g/mol. The van der Waals surface area contributed by atoms with Gasteiger partial charge in [0.25, 0.3) is 0 Å². The molecule has 1 aromatic carbocycles. The standard InChI is InChI=1S/C11H7ClN4O/c12-8-2-1-3-9(6-8)16-5-4-15-7-13-14-10(15)11(16)17/h1-7H. The Hall–Kier alpha value is -2.14. The minimum absolute atomic E-state index is 0.229. The van der Waals surface area contributed by atoms with Gasteiger partial charge in [0.1, 0.15) is 6.33 Å². The summed E-state index contributed by atoms with van der Waals surface area (Å²) in [5, 5.41) is 8.04. The molecule has 5 nitrogen and oxygen atoms in total. The molecule has 3 rings (SSSR count). The van der Waals surface area contributed by atoms with Crippen molar-refractivity contribution in [3.8, 4) is 5.69 Å². The number of hydrogen-bond donors (Lipinski definition) is 0. The number of aromatic nitrogens is 4. The first-order chi connectivity index (χ1) is 8.25. The molecule has 84 valence electrons. The van der Waals surface area contributed by atoms with Gasteiger partial charge < -0.3 is 0 Å². The van der Waals surface area contributed by atoms with E-state index in [0.717, 1.165) is 0 Å². The van der Waals surface area contributed by atoms with E-state index < -0.39 is 0 Å². The summed E-state index contributed by atoms with van der Waals surface area (Å²) >= 11 is 5.90. The van der Waals surface area contributed by atoms with Crippen molar-refractivity contribution < 1.29 is 0 Å². The van der Waals surface area contributed by atoms with Crippen molar-refractivity contribution in [1.82, 2.24) is 19.2 Å². The van der Waals surface area contributed by atoms with Crippen LogP contribution in [0, 0.1) is 0 Å². The van der Waals surface area contributed by atoms with Crippen molar-refractivity contribution in [2.24, 2.45) is 0 Å². The van der Waals surface area contributed by atoms with E-state index >= 15 is 0 Å². The predicted octanol–water partition coefficient (Wildman–Crippen LogP) is 1.53. The Labute approximate surface area is 101 Å². The third-order valence-electron chi connectivity index (χ3n) is 2.45. The van der Waals surface area contributed by atoms with E-state index in [1.165, 1.54) is 10.9 Å². The van der Waals surface area contributed by atoms with E-state index in [1.54, 1.807) is 41.1 Å². The Morgan fingerprint density at radius 3 is 2.94 bits per heavy atom. The number of hydrogen-bond acceptors (Lipinski definition) is 3. The zero-order valence-corrected chi connectivity index (χ0v) is 9.37. The molecular formula is C11H7ClN4O. The van der Waals surface area contributed by atoms with Gasteiger partial charge in [-0.25, -0.2) is 0 Å². The molecule has 0 saturated carbocycles. The maximum absolute atomic E-state index is 12.1. The summed E-state index contributed by atoms with van der Waals surface area (Å²) in [4.78, 5) is 12.1. The Balaban J connectivity index is 2.31. The van der Waals surface area contributed by atoms with Crippen molar-refractivity contribution >= 4 is 17.2 Å². The van der Waals surface area contributed by atoms with Gasteiger partial charge in [0, 0.05) is 17.4 Å². The van der Waals surface area contributed by atoms with E-state index in [1.807, 2.05) is 0 Å². The molecule has 0 aliphatic heterocycles. The smallest absolute Gasteiger partial charge is 0.283 e. The molecule has 6 heteroatoms. The third kappa shape index (κ3) is 1.60. The van der Waals surface area contributed by atoms with Crippen LogP contribution in [-0.2, 0) is 0 Å². The highest BCUT2D eigenvalue weighted by atomic mass is 35.5. The number of nitrogens with zero attached hydrogens (tertiary/aromatic N) is 4. The second-order valence-corrected chi connectivity index (χ2v) is 3.95. The van der Waals surface area contributed by atoms with E-state index in [9.17, 15) is 4.79 Å². The van der Waals surface area contributed by atoms with Crippen LogP contribution in [0.1, 0.15) is 0 Å². The van der Waals surface area contributed by atoms with Crippen LogP contribution in [0.3, 0.4) is 0 Å². The monoisotopic (exact) mass is 246 g/mol. The molecule has 0 atom stereocenters. The van der Waals surface area contributed by atoms with Crippen LogP contribution in [0.25, 0.3) is 11.3 Å². The van der Waals surface area contributed by atoms with Gasteiger partial charge in [-0.3, -0.25) is 13.8 Å². The number of rotatable bonds is 1. The molecule has 3 aromatic rings. The van der Waals surface area contributed by atoms with Gasteiger partial charge in [0.2, 0.25) is 5.65 Å². The van der Waals surface area contributed by atoms with Gasteiger partial charge in [-0.05, 0) is 18.2 Å². The molecule has 0 amide bonds. The lowest BCUT2D eigenvalue weighted by Crippen LogP contribution is -2.19. The molecule has 0 bridgehead atoms. The fourth-order valence-electron chi connectivity index (χ4n) is 1.65.